The Morgan fingerprint density at radius 2 is 1.78 bits per heavy atom. The zero-order chi connectivity index (χ0) is 28.9. The van der Waals surface area contributed by atoms with Crippen molar-refractivity contribution in [1.82, 2.24) is 10.3 Å². The van der Waals surface area contributed by atoms with Crippen LogP contribution in [0.3, 0.4) is 0 Å². The van der Waals surface area contributed by atoms with Crippen molar-refractivity contribution in [2.75, 3.05) is 50.1 Å². The van der Waals surface area contributed by atoms with Crippen molar-refractivity contribution in [3.63, 3.8) is 0 Å². The van der Waals surface area contributed by atoms with Gasteiger partial charge in [0.2, 0.25) is 5.91 Å². The fourth-order valence-electron chi connectivity index (χ4n) is 4.77. The maximum Gasteiger partial charge on any atom is 0.339 e. The predicted octanol–water partition coefficient (Wildman–Crippen LogP) is 3.67. The van der Waals surface area contributed by atoms with E-state index in [1.54, 1.807) is 13.2 Å². The van der Waals surface area contributed by atoms with Crippen molar-refractivity contribution in [2.45, 2.75) is 0 Å². The highest BCUT2D eigenvalue weighted by Crippen LogP contribution is 2.39. The summed E-state index contributed by atoms with van der Waals surface area (Å²) in [5.74, 6) is 4.68. The number of carbonyl (C=O) groups excluding carboxylic acids is 1. The van der Waals surface area contributed by atoms with Gasteiger partial charge in [-0.15, -0.1) is 0 Å². The second-order valence-corrected chi connectivity index (χ2v) is 9.50. The number of fused-ring (bicyclic) bond motifs is 1. The lowest BCUT2D eigenvalue weighted by atomic mass is 10.0. The fraction of sp³-hybridized carbons (Fsp3) is 0.200. The van der Waals surface area contributed by atoms with Gasteiger partial charge in [0.05, 0.1) is 24.5 Å². The molecule has 4 aromatic rings. The molecule has 3 aromatic carbocycles. The fourth-order valence-corrected chi connectivity index (χ4v) is 4.77. The van der Waals surface area contributed by atoms with E-state index < -0.39 is 11.7 Å². The average molecular weight is 558 g/mol. The number of nitrogens with two attached hydrogens (primary N) is 1. The number of hydrogen-bond acceptors (Lipinski definition) is 9. The molecule has 2 heterocycles. The van der Waals surface area contributed by atoms with E-state index >= 15 is 0 Å². The van der Waals surface area contributed by atoms with E-state index in [4.69, 9.17) is 15.0 Å². The van der Waals surface area contributed by atoms with Gasteiger partial charge in [-0.3, -0.25) is 4.79 Å². The number of hydrogen-bond donors (Lipinski definition) is 5. The molecule has 0 radical (unpaired) electrons. The van der Waals surface area contributed by atoms with E-state index in [2.05, 4.69) is 15.5 Å². The molecule has 212 valence electrons. The van der Waals surface area contributed by atoms with Gasteiger partial charge in [0.25, 0.3) is 0 Å². The minimum atomic E-state index is -1.28. The lowest BCUT2D eigenvalue weighted by Crippen LogP contribution is -2.36. The Hall–Kier alpha value is -5.00. The third kappa shape index (κ3) is 6.11. The first kappa shape index (κ1) is 27.6. The minimum absolute atomic E-state index is 0.159. The summed E-state index contributed by atoms with van der Waals surface area (Å²) >= 11 is 0. The molecule has 6 N–H and O–H groups in total. The standard InChI is InChI=1S/C30H31N5O6/c1-32-24(17-35(31)18-27(37)33-20-7-9-21(10-8-20)34-11-13-40-14-12-34)28-23-15-22(30(38)39)25(36)16-26(23)41-29(28)19-5-3-2-4-6-19/h2-10,15-17,32,36H,11-14,18,31H2,1H3,(H,33,37)(H,38,39)/b24-17-. The van der Waals surface area contributed by atoms with Crippen molar-refractivity contribution in [3.8, 4) is 17.1 Å². The Morgan fingerprint density at radius 3 is 2.44 bits per heavy atom. The Kier molecular flexibility index (Phi) is 8.09. The third-order valence-corrected chi connectivity index (χ3v) is 6.76. The molecule has 1 fully saturated rings. The monoisotopic (exact) mass is 557 g/mol. The molecule has 0 atom stereocenters. The topological polar surface area (TPSA) is 154 Å². The third-order valence-electron chi connectivity index (χ3n) is 6.76. The van der Waals surface area contributed by atoms with Crippen LogP contribution in [0, 0.1) is 0 Å². The average Bonchev–Trinajstić information content (AvgIpc) is 3.34. The molecule has 1 aliphatic rings. The van der Waals surface area contributed by atoms with Crippen molar-refractivity contribution in [1.29, 1.82) is 0 Å². The number of rotatable bonds is 9. The maximum atomic E-state index is 12.8. The van der Waals surface area contributed by atoms with Gasteiger partial charge < -0.3 is 39.9 Å². The maximum absolute atomic E-state index is 12.8. The number of carboxylic acid groups (broad SMARTS) is 1. The Morgan fingerprint density at radius 1 is 1.07 bits per heavy atom. The largest absolute Gasteiger partial charge is 0.507 e. The summed E-state index contributed by atoms with van der Waals surface area (Å²) in [6.07, 6.45) is 1.55. The van der Waals surface area contributed by atoms with E-state index in [-0.39, 0.29) is 18.0 Å². The Labute approximate surface area is 236 Å². The number of furan rings is 1. The molecule has 1 aliphatic heterocycles. The Balaban J connectivity index is 1.39. The van der Waals surface area contributed by atoms with Crippen LogP contribution in [-0.4, -0.2) is 67.0 Å². The van der Waals surface area contributed by atoms with Crippen LogP contribution in [0.2, 0.25) is 0 Å². The van der Waals surface area contributed by atoms with Gasteiger partial charge in [0, 0.05) is 54.7 Å². The number of nitrogens with one attached hydrogen (secondary N) is 2. The van der Waals surface area contributed by atoms with Gasteiger partial charge in [-0.1, -0.05) is 30.3 Å². The molecule has 41 heavy (non-hydrogen) atoms. The molecule has 0 saturated carbocycles. The summed E-state index contributed by atoms with van der Waals surface area (Å²) in [5, 5.41) is 27.5. The molecule has 1 amide bonds. The van der Waals surface area contributed by atoms with Gasteiger partial charge in [-0.2, -0.15) is 0 Å². The molecule has 0 unspecified atom stereocenters. The molecule has 0 aliphatic carbocycles. The molecule has 11 heteroatoms. The zero-order valence-corrected chi connectivity index (χ0v) is 22.5. The van der Waals surface area contributed by atoms with E-state index in [1.807, 2.05) is 54.6 Å². The van der Waals surface area contributed by atoms with Gasteiger partial charge in [-0.25, -0.2) is 10.6 Å². The number of aromatic hydroxyl groups is 1. The molecular weight excluding hydrogens is 526 g/mol. The van der Waals surface area contributed by atoms with Crippen LogP contribution in [0.1, 0.15) is 15.9 Å². The summed E-state index contributed by atoms with van der Waals surface area (Å²) in [4.78, 5) is 26.8. The second-order valence-electron chi connectivity index (χ2n) is 9.50. The van der Waals surface area contributed by atoms with Crippen molar-refractivity contribution < 1.29 is 29.0 Å². The first-order valence-electron chi connectivity index (χ1n) is 13.1. The van der Waals surface area contributed by atoms with Crippen LogP contribution in [0.4, 0.5) is 11.4 Å². The summed E-state index contributed by atoms with van der Waals surface area (Å²) < 4.78 is 11.5. The van der Waals surface area contributed by atoms with Gasteiger partial charge in [-0.05, 0) is 30.3 Å². The van der Waals surface area contributed by atoms with Crippen molar-refractivity contribution in [3.05, 3.63) is 84.1 Å². The number of aromatic carboxylic acids is 1. The lowest BCUT2D eigenvalue weighted by molar-refractivity contribution is -0.116. The number of anilines is 2. The number of ether oxygens (including phenoxy) is 1. The van der Waals surface area contributed by atoms with E-state index in [9.17, 15) is 19.8 Å². The SMILES string of the molecule is CN/C(=C\N(N)CC(=O)Nc1ccc(N2CCOCC2)cc1)c1c(-c2ccccc2)oc2cc(O)c(C(=O)O)cc12. The number of nitrogens with zero attached hydrogens (tertiary/aromatic N) is 2. The van der Waals surface area contributed by atoms with E-state index in [0.29, 0.717) is 46.9 Å². The summed E-state index contributed by atoms with van der Waals surface area (Å²) in [6, 6.07) is 19.5. The van der Waals surface area contributed by atoms with Gasteiger partial charge >= 0.3 is 5.97 Å². The number of amides is 1. The minimum Gasteiger partial charge on any atom is -0.507 e. The van der Waals surface area contributed by atoms with Crippen LogP contribution in [0.25, 0.3) is 28.0 Å². The quantitative estimate of drug-likeness (QED) is 0.152. The Bertz CT molecular complexity index is 1580. The first-order chi connectivity index (χ1) is 19.8. The second kappa shape index (κ2) is 12.0. The molecular formula is C30H31N5O6. The van der Waals surface area contributed by atoms with Gasteiger partial charge in [0.1, 0.15) is 29.2 Å². The van der Waals surface area contributed by atoms with Crippen LogP contribution in [-0.2, 0) is 9.53 Å². The van der Waals surface area contributed by atoms with Crippen LogP contribution in [0.5, 0.6) is 5.75 Å². The van der Waals surface area contributed by atoms with Crippen LogP contribution < -0.4 is 21.4 Å². The number of morpholine rings is 1. The molecule has 1 saturated heterocycles. The van der Waals surface area contributed by atoms with Gasteiger partial charge in [0.15, 0.2) is 0 Å². The van der Waals surface area contributed by atoms with Crippen LogP contribution in [0.15, 0.2) is 77.3 Å². The van der Waals surface area contributed by atoms with Crippen molar-refractivity contribution in [2.24, 2.45) is 5.84 Å². The number of phenols is 1. The van der Waals surface area contributed by atoms with E-state index in [0.717, 1.165) is 24.3 Å². The highest BCUT2D eigenvalue weighted by atomic mass is 16.5. The first-order valence-corrected chi connectivity index (χ1v) is 13.1. The number of carboxylic acids is 1. The number of hydrazine groups is 1. The molecule has 1 aromatic heterocycles. The van der Waals surface area contributed by atoms with Crippen molar-refractivity contribution >= 4 is 39.9 Å². The lowest BCUT2D eigenvalue weighted by Gasteiger charge is -2.28. The molecule has 0 spiro atoms. The highest BCUT2D eigenvalue weighted by molar-refractivity contribution is 6.03. The van der Waals surface area contributed by atoms with Crippen LogP contribution >= 0.6 is 0 Å². The number of carbonyl (C=O) groups is 2. The molecule has 0 bridgehead atoms. The zero-order valence-electron chi connectivity index (χ0n) is 22.5. The summed E-state index contributed by atoms with van der Waals surface area (Å²) in [7, 11) is 1.68. The van der Waals surface area contributed by atoms with E-state index in [1.165, 1.54) is 17.1 Å². The molecule has 11 nitrogen and oxygen atoms in total. The number of benzene rings is 3. The normalized spacial score (nSPS) is 13.7. The summed E-state index contributed by atoms with van der Waals surface area (Å²) in [5.41, 5.74) is 3.49. The molecule has 5 rings (SSSR count). The highest BCUT2D eigenvalue weighted by Gasteiger charge is 2.23. The predicted molar refractivity (Wildman–Crippen MR) is 156 cm³/mol. The summed E-state index contributed by atoms with van der Waals surface area (Å²) in [6.45, 7) is 2.87. The smallest absolute Gasteiger partial charge is 0.339 e.